The minimum atomic E-state index is -0.980. The largest absolute Gasteiger partial charge is 0.478 e. The molecule has 1 aliphatic heterocycles. The summed E-state index contributed by atoms with van der Waals surface area (Å²) in [6.45, 7) is 1.96. The summed E-state index contributed by atoms with van der Waals surface area (Å²) in [5.74, 6) is -1.03. The van der Waals surface area contributed by atoms with Crippen molar-refractivity contribution in [3.05, 3.63) is 35.4 Å². The third-order valence-corrected chi connectivity index (χ3v) is 3.85. The Balaban J connectivity index is 2.07. The van der Waals surface area contributed by atoms with Crippen LogP contribution in [0.1, 0.15) is 33.6 Å². The first-order valence-electron chi connectivity index (χ1n) is 6.78. The molecule has 5 nitrogen and oxygen atoms in total. The molecule has 1 aliphatic rings. The Morgan fingerprint density at radius 3 is 2.40 bits per heavy atom. The third-order valence-electron chi connectivity index (χ3n) is 3.85. The summed E-state index contributed by atoms with van der Waals surface area (Å²) in [5.41, 5.74) is 0.729. The van der Waals surface area contributed by atoms with E-state index in [0.29, 0.717) is 5.56 Å². The van der Waals surface area contributed by atoms with Crippen molar-refractivity contribution in [2.45, 2.75) is 18.9 Å². The fourth-order valence-electron chi connectivity index (χ4n) is 2.58. The number of hydrogen-bond donors (Lipinski definition) is 1. The molecule has 1 aromatic rings. The molecule has 0 saturated carbocycles. The van der Waals surface area contributed by atoms with Crippen LogP contribution in [0.2, 0.25) is 0 Å². The number of piperidine rings is 1. The lowest BCUT2D eigenvalue weighted by molar-refractivity contribution is 0.0641. The number of rotatable bonds is 3. The lowest BCUT2D eigenvalue weighted by Crippen LogP contribution is -2.47. The van der Waals surface area contributed by atoms with Crippen LogP contribution in [0.5, 0.6) is 0 Å². The molecule has 5 heteroatoms. The van der Waals surface area contributed by atoms with Gasteiger partial charge in [0.2, 0.25) is 0 Å². The van der Waals surface area contributed by atoms with Crippen LogP contribution in [0.4, 0.5) is 0 Å². The summed E-state index contributed by atoms with van der Waals surface area (Å²) in [6.07, 6.45) is 2.11. The Bertz CT molecular complexity index is 498. The molecule has 0 radical (unpaired) electrons. The van der Waals surface area contributed by atoms with E-state index in [9.17, 15) is 9.59 Å². The molecule has 0 aliphatic carbocycles. The minimum Gasteiger partial charge on any atom is -0.478 e. The monoisotopic (exact) mass is 276 g/mol. The van der Waals surface area contributed by atoms with Crippen LogP contribution in [-0.2, 0) is 0 Å². The van der Waals surface area contributed by atoms with E-state index in [1.54, 1.807) is 17.0 Å². The standard InChI is InChI=1S/C15H20N2O3/c1-16-9-3-4-13(10-16)17(2)14(18)11-5-7-12(8-6-11)15(19)20/h5-8,13H,3-4,9-10H2,1-2H3,(H,19,20). The number of aromatic carboxylic acids is 1. The second-order valence-corrected chi connectivity index (χ2v) is 5.36. The summed E-state index contributed by atoms with van der Waals surface area (Å²) < 4.78 is 0. The maximum Gasteiger partial charge on any atom is 0.335 e. The number of amides is 1. The van der Waals surface area contributed by atoms with Crippen molar-refractivity contribution in [3.63, 3.8) is 0 Å². The van der Waals surface area contributed by atoms with Gasteiger partial charge in [0.1, 0.15) is 0 Å². The Hall–Kier alpha value is -1.88. The summed E-state index contributed by atoms with van der Waals surface area (Å²) in [6, 6.07) is 6.32. The highest BCUT2D eigenvalue weighted by Gasteiger charge is 2.25. The minimum absolute atomic E-state index is 0.0535. The summed E-state index contributed by atoms with van der Waals surface area (Å²) in [4.78, 5) is 27.2. The van der Waals surface area contributed by atoms with Crippen molar-refractivity contribution in [2.75, 3.05) is 27.2 Å². The van der Waals surface area contributed by atoms with E-state index in [2.05, 4.69) is 11.9 Å². The molecule has 0 bridgehead atoms. The Morgan fingerprint density at radius 2 is 1.85 bits per heavy atom. The van der Waals surface area contributed by atoms with Crippen LogP contribution in [0.25, 0.3) is 0 Å². The van der Waals surface area contributed by atoms with Crippen molar-refractivity contribution < 1.29 is 14.7 Å². The summed E-state index contributed by atoms with van der Waals surface area (Å²) >= 11 is 0. The van der Waals surface area contributed by atoms with Gasteiger partial charge in [0, 0.05) is 25.2 Å². The predicted molar refractivity (Wildman–Crippen MR) is 76.0 cm³/mol. The van der Waals surface area contributed by atoms with Gasteiger partial charge in [-0.3, -0.25) is 4.79 Å². The SMILES string of the molecule is CN1CCCC(N(C)C(=O)c2ccc(C(=O)O)cc2)C1. The number of likely N-dealkylation sites (N-methyl/N-ethyl adjacent to an activating group) is 2. The van der Waals surface area contributed by atoms with Gasteiger partial charge < -0.3 is 14.9 Å². The maximum atomic E-state index is 12.4. The van der Waals surface area contributed by atoms with E-state index in [4.69, 9.17) is 5.11 Å². The van der Waals surface area contributed by atoms with Gasteiger partial charge in [-0.2, -0.15) is 0 Å². The quantitative estimate of drug-likeness (QED) is 0.910. The van der Waals surface area contributed by atoms with Crippen LogP contribution in [-0.4, -0.2) is 60.0 Å². The first-order chi connectivity index (χ1) is 9.49. The second kappa shape index (κ2) is 6.05. The molecule has 0 aromatic heterocycles. The van der Waals surface area contributed by atoms with E-state index in [1.807, 2.05) is 7.05 Å². The second-order valence-electron chi connectivity index (χ2n) is 5.36. The van der Waals surface area contributed by atoms with E-state index in [-0.39, 0.29) is 17.5 Å². The van der Waals surface area contributed by atoms with Crippen LogP contribution in [0.3, 0.4) is 0 Å². The Morgan fingerprint density at radius 1 is 1.25 bits per heavy atom. The number of carboxylic acids is 1. The van der Waals surface area contributed by atoms with E-state index in [1.165, 1.54) is 12.1 Å². The zero-order valence-corrected chi connectivity index (χ0v) is 11.9. The van der Waals surface area contributed by atoms with Gasteiger partial charge in [-0.1, -0.05) is 0 Å². The van der Waals surface area contributed by atoms with Crippen molar-refractivity contribution in [3.8, 4) is 0 Å². The number of benzene rings is 1. The molecular formula is C15H20N2O3. The van der Waals surface area contributed by atoms with Crippen LogP contribution in [0, 0.1) is 0 Å². The lowest BCUT2D eigenvalue weighted by Gasteiger charge is -2.35. The number of hydrogen-bond acceptors (Lipinski definition) is 3. The van der Waals surface area contributed by atoms with E-state index < -0.39 is 5.97 Å². The Kier molecular flexibility index (Phi) is 4.39. The van der Waals surface area contributed by atoms with Crippen molar-refractivity contribution in [2.24, 2.45) is 0 Å². The molecule has 1 N–H and O–H groups in total. The van der Waals surface area contributed by atoms with E-state index >= 15 is 0 Å². The molecule has 1 unspecified atom stereocenters. The number of carboxylic acid groups (broad SMARTS) is 1. The fourth-order valence-corrected chi connectivity index (χ4v) is 2.58. The third kappa shape index (κ3) is 3.17. The molecule has 108 valence electrons. The molecule has 0 spiro atoms. The highest BCUT2D eigenvalue weighted by atomic mass is 16.4. The first-order valence-corrected chi connectivity index (χ1v) is 6.78. The van der Waals surface area contributed by atoms with Crippen molar-refractivity contribution in [1.82, 2.24) is 9.80 Å². The molecular weight excluding hydrogens is 256 g/mol. The average molecular weight is 276 g/mol. The van der Waals surface area contributed by atoms with Gasteiger partial charge >= 0.3 is 5.97 Å². The van der Waals surface area contributed by atoms with Gasteiger partial charge in [0.25, 0.3) is 5.91 Å². The lowest BCUT2D eigenvalue weighted by atomic mass is 10.0. The molecule has 2 rings (SSSR count). The number of likely N-dealkylation sites (tertiary alicyclic amines) is 1. The molecule has 1 fully saturated rings. The fraction of sp³-hybridized carbons (Fsp3) is 0.467. The van der Waals surface area contributed by atoms with E-state index in [0.717, 1.165) is 25.9 Å². The highest BCUT2D eigenvalue weighted by molar-refractivity contribution is 5.95. The van der Waals surface area contributed by atoms with Gasteiger partial charge in [-0.05, 0) is 50.7 Å². The summed E-state index contributed by atoms with van der Waals surface area (Å²) in [7, 11) is 3.88. The molecule has 1 atom stereocenters. The smallest absolute Gasteiger partial charge is 0.335 e. The van der Waals surface area contributed by atoms with Crippen LogP contribution < -0.4 is 0 Å². The first kappa shape index (κ1) is 14.5. The van der Waals surface area contributed by atoms with Crippen molar-refractivity contribution >= 4 is 11.9 Å². The van der Waals surface area contributed by atoms with Gasteiger partial charge in [0.05, 0.1) is 5.56 Å². The zero-order chi connectivity index (χ0) is 14.7. The van der Waals surface area contributed by atoms with Gasteiger partial charge in [-0.15, -0.1) is 0 Å². The summed E-state index contributed by atoms with van der Waals surface area (Å²) in [5, 5.41) is 8.86. The number of nitrogens with zero attached hydrogens (tertiary/aromatic N) is 2. The van der Waals surface area contributed by atoms with Gasteiger partial charge in [0.15, 0.2) is 0 Å². The van der Waals surface area contributed by atoms with Crippen LogP contribution in [0.15, 0.2) is 24.3 Å². The molecule has 1 amide bonds. The zero-order valence-electron chi connectivity index (χ0n) is 11.9. The highest BCUT2D eigenvalue weighted by Crippen LogP contribution is 2.16. The topological polar surface area (TPSA) is 60.9 Å². The molecule has 1 aromatic carbocycles. The number of carbonyl (C=O) groups is 2. The van der Waals surface area contributed by atoms with Crippen LogP contribution >= 0.6 is 0 Å². The predicted octanol–water partition coefficient (Wildman–Crippen LogP) is 1.55. The molecule has 1 saturated heterocycles. The molecule has 20 heavy (non-hydrogen) atoms. The average Bonchev–Trinajstić information content (AvgIpc) is 2.46. The normalized spacial score (nSPS) is 19.6. The van der Waals surface area contributed by atoms with Crippen molar-refractivity contribution in [1.29, 1.82) is 0 Å². The number of carbonyl (C=O) groups excluding carboxylic acids is 1. The Labute approximate surface area is 118 Å². The molecule has 1 heterocycles. The van der Waals surface area contributed by atoms with Gasteiger partial charge in [-0.25, -0.2) is 4.79 Å². The maximum absolute atomic E-state index is 12.4.